The summed E-state index contributed by atoms with van der Waals surface area (Å²) in [5.74, 6) is 1.05. The SMILES string of the molecule is OC(COc1ccccc1)CN1CCN(c2ncc(C(F)(F)F)cc2Cl)CC1. The summed E-state index contributed by atoms with van der Waals surface area (Å²) in [7, 11) is 0. The number of halogens is 4. The van der Waals surface area contributed by atoms with Crippen LogP contribution in [0.25, 0.3) is 0 Å². The maximum absolute atomic E-state index is 12.7. The Kier molecular flexibility index (Phi) is 6.64. The summed E-state index contributed by atoms with van der Waals surface area (Å²) in [5.41, 5.74) is -0.860. The second kappa shape index (κ2) is 8.98. The first-order valence-electron chi connectivity index (χ1n) is 8.89. The number of piperazine rings is 1. The third-order valence-electron chi connectivity index (χ3n) is 4.48. The molecule has 3 rings (SSSR count). The van der Waals surface area contributed by atoms with Crippen molar-refractivity contribution in [2.24, 2.45) is 0 Å². The lowest BCUT2D eigenvalue weighted by Crippen LogP contribution is -2.49. The minimum absolute atomic E-state index is 0.0143. The van der Waals surface area contributed by atoms with Gasteiger partial charge in [-0.3, -0.25) is 4.90 Å². The molecule has 1 saturated heterocycles. The van der Waals surface area contributed by atoms with E-state index in [1.54, 1.807) is 0 Å². The van der Waals surface area contributed by atoms with E-state index in [0.717, 1.165) is 12.3 Å². The van der Waals surface area contributed by atoms with Gasteiger partial charge in [-0.1, -0.05) is 29.8 Å². The molecule has 1 aromatic carbocycles. The number of aromatic nitrogens is 1. The molecule has 1 fully saturated rings. The van der Waals surface area contributed by atoms with Crippen LogP contribution < -0.4 is 9.64 Å². The zero-order valence-electron chi connectivity index (χ0n) is 15.1. The molecule has 0 spiro atoms. The predicted octanol–water partition coefficient (Wildman–Crippen LogP) is 3.32. The summed E-state index contributed by atoms with van der Waals surface area (Å²) in [4.78, 5) is 7.83. The molecule has 5 nitrogen and oxygen atoms in total. The molecule has 0 radical (unpaired) electrons. The van der Waals surface area contributed by atoms with E-state index in [2.05, 4.69) is 9.88 Å². The van der Waals surface area contributed by atoms with Gasteiger partial charge in [-0.05, 0) is 18.2 Å². The number of pyridine rings is 1. The van der Waals surface area contributed by atoms with Crippen LogP contribution in [-0.2, 0) is 6.18 Å². The predicted molar refractivity (Wildman–Crippen MR) is 101 cm³/mol. The molecule has 1 aromatic heterocycles. The number of aliphatic hydroxyl groups is 1. The van der Waals surface area contributed by atoms with Crippen molar-refractivity contribution >= 4 is 17.4 Å². The fourth-order valence-electron chi connectivity index (χ4n) is 3.02. The molecule has 0 saturated carbocycles. The molecule has 152 valence electrons. The molecule has 1 unspecified atom stereocenters. The first-order chi connectivity index (χ1) is 13.3. The number of nitrogens with zero attached hydrogens (tertiary/aromatic N) is 3. The average molecular weight is 416 g/mol. The second-order valence-electron chi connectivity index (χ2n) is 6.59. The van der Waals surface area contributed by atoms with Gasteiger partial charge in [-0.25, -0.2) is 4.98 Å². The van der Waals surface area contributed by atoms with E-state index < -0.39 is 17.8 Å². The summed E-state index contributed by atoms with van der Waals surface area (Å²) in [6.07, 6.45) is -4.30. The number of para-hydroxylation sites is 1. The lowest BCUT2D eigenvalue weighted by atomic mass is 10.2. The van der Waals surface area contributed by atoms with E-state index in [-0.39, 0.29) is 11.6 Å². The minimum atomic E-state index is -4.47. The number of hydrogen-bond donors (Lipinski definition) is 1. The normalized spacial score (nSPS) is 16.8. The monoisotopic (exact) mass is 415 g/mol. The van der Waals surface area contributed by atoms with Crippen LogP contribution in [0.2, 0.25) is 5.02 Å². The molecule has 0 bridgehead atoms. The van der Waals surface area contributed by atoms with Crippen molar-refractivity contribution in [2.75, 3.05) is 44.2 Å². The molecule has 28 heavy (non-hydrogen) atoms. The maximum Gasteiger partial charge on any atom is 0.417 e. The van der Waals surface area contributed by atoms with Crippen LogP contribution in [0.3, 0.4) is 0 Å². The Hall–Kier alpha value is -2.03. The number of β-amino-alcohol motifs (C(OH)–C–C–N with tert-alkyl or cyclic N) is 1. The van der Waals surface area contributed by atoms with Gasteiger partial charge in [0.2, 0.25) is 0 Å². The highest BCUT2D eigenvalue weighted by Crippen LogP contribution is 2.33. The third kappa shape index (κ3) is 5.50. The van der Waals surface area contributed by atoms with Gasteiger partial charge in [-0.15, -0.1) is 0 Å². The van der Waals surface area contributed by atoms with Gasteiger partial charge in [0.25, 0.3) is 0 Å². The van der Waals surface area contributed by atoms with E-state index in [1.807, 2.05) is 35.2 Å². The summed E-state index contributed by atoms with van der Waals surface area (Å²) < 4.78 is 43.7. The minimum Gasteiger partial charge on any atom is -0.491 e. The molecule has 1 aliphatic rings. The van der Waals surface area contributed by atoms with E-state index in [0.29, 0.717) is 44.3 Å². The van der Waals surface area contributed by atoms with Crippen LogP contribution in [-0.4, -0.2) is 60.4 Å². The quantitative estimate of drug-likeness (QED) is 0.784. The smallest absolute Gasteiger partial charge is 0.417 e. The Balaban J connectivity index is 1.48. The van der Waals surface area contributed by atoms with Crippen molar-refractivity contribution in [3.8, 4) is 5.75 Å². The second-order valence-corrected chi connectivity index (χ2v) is 7.00. The zero-order chi connectivity index (χ0) is 20.1. The van der Waals surface area contributed by atoms with Crippen molar-refractivity contribution in [3.63, 3.8) is 0 Å². The van der Waals surface area contributed by atoms with Crippen LogP contribution >= 0.6 is 11.6 Å². The van der Waals surface area contributed by atoms with Gasteiger partial charge < -0.3 is 14.7 Å². The molecule has 9 heteroatoms. The van der Waals surface area contributed by atoms with Crippen LogP contribution in [0, 0.1) is 0 Å². The molecule has 1 N–H and O–H groups in total. The molecule has 1 atom stereocenters. The van der Waals surface area contributed by atoms with Gasteiger partial charge in [0.05, 0.1) is 10.6 Å². The van der Waals surface area contributed by atoms with Gasteiger partial charge >= 0.3 is 6.18 Å². The number of alkyl halides is 3. The van der Waals surface area contributed by atoms with E-state index in [1.165, 1.54) is 0 Å². The van der Waals surface area contributed by atoms with Crippen molar-refractivity contribution < 1.29 is 23.0 Å². The number of aliphatic hydroxyl groups excluding tert-OH is 1. The fourth-order valence-corrected chi connectivity index (χ4v) is 3.31. The van der Waals surface area contributed by atoms with Crippen LogP contribution in [0.15, 0.2) is 42.6 Å². The maximum atomic E-state index is 12.7. The molecular formula is C19H21ClF3N3O2. The molecular weight excluding hydrogens is 395 g/mol. The van der Waals surface area contributed by atoms with E-state index in [4.69, 9.17) is 16.3 Å². The summed E-state index contributed by atoms with van der Waals surface area (Å²) >= 11 is 6.01. The van der Waals surface area contributed by atoms with Crippen LogP contribution in [0.5, 0.6) is 5.75 Å². The Labute approximate surface area is 166 Å². The van der Waals surface area contributed by atoms with Crippen molar-refractivity contribution in [2.45, 2.75) is 12.3 Å². The van der Waals surface area contributed by atoms with Gasteiger partial charge in [0.15, 0.2) is 0 Å². The Morgan fingerprint density at radius 1 is 1.14 bits per heavy atom. The molecule has 1 aliphatic heterocycles. The number of anilines is 1. The number of ether oxygens (including phenoxy) is 1. The average Bonchev–Trinajstić information content (AvgIpc) is 2.67. The molecule has 0 aliphatic carbocycles. The first-order valence-corrected chi connectivity index (χ1v) is 9.26. The highest BCUT2D eigenvalue weighted by molar-refractivity contribution is 6.33. The molecule has 2 heterocycles. The Bertz CT molecular complexity index is 769. The number of benzene rings is 1. The first kappa shape index (κ1) is 20.7. The third-order valence-corrected chi connectivity index (χ3v) is 4.75. The standard InChI is InChI=1S/C19H21ClF3N3O2/c20-17-10-14(19(21,22)23)11-24-18(17)26-8-6-25(7-9-26)12-15(27)13-28-16-4-2-1-3-5-16/h1-5,10-11,15,27H,6-9,12-13H2. The Morgan fingerprint density at radius 2 is 1.82 bits per heavy atom. The summed E-state index contributed by atoms with van der Waals surface area (Å²) in [6.45, 7) is 3.04. The number of rotatable bonds is 6. The van der Waals surface area contributed by atoms with Crippen LogP contribution in [0.4, 0.5) is 19.0 Å². The van der Waals surface area contributed by atoms with Crippen molar-refractivity contribution in [3.05, 3.63) is 53.2 Å². The summed E-state index contributed by atoms with van der Waals surface area (Å²) in [6, 6.07) is 10.2. The van der Waals surface area contributed by atoms with E-state index in [9.17, 15) is 18.3 Å². The van der Waals surface area contributed by atoms with Crippen molar-refractivity contribution in [1.82, 2.24) is 9.88 Å². The number of hydrogen-bond acceptors (Lipinski definition) is 5. The zero-order valence-corrected chi connectivity index (χ0v) is 15.8. The lowest BCUT2D eigenvalue weighted by Gasteiger charge is -2.36. The topological polar surface area (TPSA) is 48.8 Å². The van der Waals surface area contributed by atoms with Gasteiger partial charge in [0, 0.05) is 38.9 Å². The molecule has 0 amide bonds. The lowest BCUT2D eigenvalue weighted by molar-refractivity contribution is -0.137. The van der Waals surface area contributed by atoms with Gasteiger partial charge in [-0.2, -0.15) is 13.2 Å². The highest BCUT2D eigenvalue weighted by atomic mass is 35.5. The van der Waals surface area contributed by atoms with Gasteiger partial charge in [0.1, 0.15) is 24.3 Å². The summed E-state index contributed by atoms with van der Waals surface area (Å²) in [5, 5.41) is 10.2. The fraction of sp³-hybridized carbons (Fsp3) is 0.421. The van der Waals surface area contributed by atoms with E-state index >= 15 is 0 Å². The van der Waals surface area contributed by atoms with Crippen molar-refractivity contribution in [1.29, 1.82) is 0 Å². The highest BCUT2D eigenvalue weighted by Gasteiger charge is 2.32. The largest absolute Gasteiger partial charge is 0.491 e. The molecule has 2 aromatic rings. The van der Waals surface area contributed by atoms with Crippen LogP contribution in [0.1, 0.15) is 5.56 Å². The Morgan fingerprint density at radius 3 is 2.43 bits per heavy atom.